The number of nitrogens with one attached hydrogen (secondary N) is 1. The monoisotopic (exact) mass is 392 g/mol. The van der Waals surface area contributed by atoms with Crippen LogP contribution in [0.3, 0.4) is 0 Å². The van der Waals surface area contributed by atoms with Gasteiger partial charge >= 0.3 is 0 Å². The molecule has 0 aliphatic carbocycles. The molecule has 5 rings (SSSR count). The van der Waals surface area contributed by atoms with Crippen molar-refractivity contribution in [1.29, 1.82) is 0 Å². The molecule has 0 saturated carbocycles. The minimum atomic E-state index is -2.15. The average molecular weight is 392 g/mol. The van der Waals surface area contributed by atoms with Crippen LogP contribution < -0.4 is 5.56 Å². The Balaban J connectivity index is 1.63. The smallest absolute Gasteiger partial charge is 0.273 e. The Morgan fingerprint density at radius 3 is 2.93 bits per heavy atom. The van der Waals surface area contributed by atoms with E-state index < -0.39 is 18.4 Å². The van der Waals surface area contributed by atoms with E-state index in [1.807, 2.05) is 18.2 Å². The number of para-hydroxylation sites is 1. The number of H-pyrrole nitrogens is 1. The predicted molar refractivity (Wildman–Crippen MR) is 110 cm³/mol. The lowest BCUT2D eigenvalue weighted by atomic mass is 9.96. The van der Waals surface area contributed by atoms with E-state index in [4.69, 9.17) is 4.11 Å². The standard InChI is InChI=1S/C22H20FN5O/c1-13-4-3-5-17(23)22(13)28-19(29)11-18-21(26-28)20(25-24-18)15-7-6-14-8-9-27(2)12-16(14)10-15/h3-7,10-11,24H,8-9,12H2,1-2H3/i2D3. The van der Waals surface area contributed by atoms with Crippen molar-refractivity contribution in [3.63, 3.8) is 0 Å². The molecular formula is C22H20FN5O. The van der Waals surface area contributed by atoms with Gasteiger partial charge in [-0.3, -0.25) is 9.89 Å². The SMILES string of the molecule is [2H]C([2H])([2H])N1CCc2ccc(-c3n[nH]c4cc(=O)n(-c5c(C)cccc5F)nc34)cc2C1. The molecule has 2 aromatic carbocycles. The number of benzene rings is 2. The van der Waals surface area contributed by atoms with Crippen LogP contribution in [0.25, 0.3) is 28.0 Å². The zero-order valence-electron chi connectivity index (χ0n) is 18.7. The Hall–Kier alpha value is -3.32. The Kier molecular flexibility index (Phi) is 3.35. The van der Waals surface area contributed by atoms with Gasteiger partial charge in [-0.05, 0) is 49.1 Å². The number of likely N-dealkylation sites (N-methyl/N-ethyl adjacent to an activating group) is 1. The highest BCUT2D eigenvalue weighted by molar-refractivity contribution is 5.89. The largest absolute Gasteiger partial charge is 0.302 e. The minimum Gasteiger partial charge on any atom is -0.302 e. The molecule has 1 aliphatic heterocycles. The van der Waals surface area contributed by atoms with E-state index in [-0.39, 0.29) is 5.69 Å². The van der Waals surface area contributed by atoms with Crippen LogP contribution in [0.15, 0.2) is 47.3 Å². The first-order valence-corrected chi connectivity index (χ1v) is 9.33. The van der Waals surface area contributed by atoms with Crippen molar-refractivity contribution in [1.82, 2.24) is 24.9 Å². The van der Waals surface area contributed by atoms with Gasteiger partial charge in [0.05, 0.1) is 5.52 Å². The van der Waals surface area contributed by atoms with E-state index in [0.29, 0.717) is 41.8 Å². The Labute approximate surface area is 170 Å². The fourth-order valence-electron chi connectivity index (χ4n) is 3.84. The maximum atomic E-state index is 14.5. The zero-order chi connectivity index (χ0) is 22.6. The van der Waals surface area contributed by atoms with E-state index in [1.54, 1.807) is 19.1 Å². The fraction of sp³-hybridized carbons (Fsp3) is 0.227. The summed E-state index contributed by atoms with van der Waals surface area (Å²) in [6, 6.07) is 11.7. The summed E-state index contributed by atoms with van der Waals surface area (Å²) in [7, 11) is 0. The normalized spacial score (nSPS) is 16.3. The molecule has 0 fully saturated rings. The molecule has 0 amide bonds. The molecule has 29 heavy (non-hydrogen) atoms. The van der Waals surface area contributed by atoms with Gasteiger partial charge in [-0.2, -0.15) is 14.9 Å². The van der Waals surface area contributed by atoms with Gasteiger partial charge < -0.3 is 4.90 Å². The Morgan fingerprint density at radius 1 is 1.21 bits per heavy atom. The van der Waals surface area contributed by atoms with Crippen molar-refractivity contribution in [2.75, 3.05) is 13.5 Å². The highest BCUT2D eigenvalue weighted by Crippen LogP contribution is 2.28. The molecule has 0 saturated heterocycles. The molecule has 0 radical (unpaired) electrons. The third-order valence-electron chi connectivity index (χ3n) is 5.34. The third kappa shape index (κ3) is 2.94. The Bertz CT molecular complexity index is 1390. The van der Waals surface area contributed by atoms with E-state index in [0.717, 1.165) is 21.4 Å². The summed E-state index contributed by atoms with van der Waals surface area (Å²) in [6.07, 6.45) is 0.652. The van der Waals surface area contributed by atoms with Crippen LogP contribution in [0.1, 0.15) is 20.8 Å². The van der Waals surface area contributed by atoms with Gasteiger partial charge in [-0.1, -0.05) is 24.3 Å². The lowest BCUT2D eigenvalue weighted by molar-refractivity contribution is 0.313. The quantitative estimate of drug-likeness (QED) is 0.569. The first kappa shape index (κ1) is 14.6. The first-order chi connectivity index (χ1) is 15.2. The highest BCUT2D eigenvalue weighted by atomic mass is 19.1. The van der Waals surface area contributed by atoms with Gasteiger partial charge in [0.2, 0.25) is 0 Å². The second kappa shape index (κ2) is 6.63. The number of aryl methyl sites for hydroxylation is 1. The number of halogens is 1. The molecule has 4 aromatic rings. The molecule has 0 unspecified atom stereocenters. The lowest BCUT2D eigenvalue weighted by Gasteiger charge is -2.25. The molecule has 3 heterocycles. The molecule has 146 valence electrons. The number of hydrogen-bond acceptors (Lipinski definition) is 4. The van der Waals surface area contributed by atoms with Crippen molar-refractivity contribution in [2.45, 2.75) is 19.9 Å². The van der Waals surface area contributed by atoms with Crippen molar-refractivity contribution in [3.05, 3.63) is 75.3 Å². The second-order valence-electron chi connectivity index (χ2n) is 7.29. The van der Waals surface area contributed by atoms with Crippen LogP contribution in [-0.4, -0.2) is 38.4 Å². The molecule has 2 aromatic heterocycles. The summed E-state index contributed by atoms with van der Waals surface area (Å²) < 4.78 is 38.7. The Morgan fingerprint density at radius 2 is 2.10 bits per heavy atom. The van der Waals surface area contributed by atoms with E-state index >= 15 is 0 Å². The summed E-state index contributed by atoms with van der Waals surface area (Å²) in [5.41, 5.74) is 4.35. The van der Waals surface area contributed by atoms with Crippen LogP contribution >= 0.6 is 0 Å². The number of fused-ring (bicyclic) bond motifs is 2. The van der Waals surface area contributed by atoms with Crippen molar-refractivity contribution in [3.8, 4) is 16.9 Å². The van der Waals surface area contributed by atoms with Crippen molar-refractivity contribution >= 4 is 11.0 Å². The summed E-state index contributed by atoms with van der Waals surface area (Å²) in [5, 5.41) is 11.6. The van der Waals surface area contributed by atoms with Gasteiger partial charge in [0.15, 0.2) is 0 Å². The van der Waals surface area contributed by atoms with Crippen LogP contribution in [0.5, 0.6) is 0 Å². The van der Waals surface area contributed by atoms with Crippen LogP contribution in [-0.2, 0) is 13.0 Å². The molecule has 7 heteroatoms. The predicted octanol–water partition coefficient (Wildman–Crippen LogP) is 3.21. The summed E-state index contributed by atoms with van der Waals surface area (Å²) in [4.78, 5) is 14.1. The number of aromatic amines is 1. The van der Waals surface area contributed by atoms with Gasteiger partial charge in [0.25, 0.3) is 5.56 Å². The van der Waals surface area contributed by atoms with E-state index in [9.17, 15) is 9.18 Å². The molecular weight excluding hydrogens is 369 g/mol. The number of nitrogens with zero attached hydrogens (tertiary/aromatic N) is 4. The van der Waals surface area contributed by atoms with Crippen LogP contribution in [0, 0.1) is 12.7 Å². The molecule has 1 N–H and O–H groups in total. The highest BCUT2D eigenvalue weighted by Gasteiger charge is 2.18. The lowest BCUT2D eigenvalue weighted by Crippen LogP contribution is -2.26. The third-order valence-corrected chi connectivity index (χ3v) is 5.34. The molecule has 6 nitrogen and oxygen atoms in total. The van der Waals surface area contributed by atoms with Crippen LogP contribution in [0.4, 0.5) is 4.39 Å². The number of rotatable bonds is 2. The van der Waals surface area contributed by atoms with Gasteiger partial charge in [0.1, 0.15) is 22.7 Å². The van der Waals surface area contributed by atoms with E-state index in [1.165, 1.54) is 17.0 Å². The summed E-state index contributed by atoms with van der Waals surface area (Å²) >= 11 is 0. The van der Waals surface area contributed by atoms with Gasteiger partial charge in [-0.15, -0.1) is 0 Å². The van der Waals surface area contributed by atoms with Crippen molar-refractivity contribution < 1.29 is 8.50 Å². The van der Waals surface area contributed by atoms with Crippen molar-refractivity contribution in [2.24, 2.45) is 0 Å². The van der Waals surface area contributed by atoms with Gasteiger partial charge in [0, 0.05) is 28.8 Å². The zero-order valence-corrected chi connectivity index (χ0v) is 15.7. The molecule has 1 aliphatic rings. The molecule has 0 atom stereocenters. The van der Waals surface area contributed by atoms with Crippen LogP contribution in [0.2, 0.25) is 0 Å². The van der Waals surface area contributed by atoms with E-state index in [2.05, 4.69) is 15.3 Å². The number of hydrogen-bond donors (Lipinski definition) is 1. The second-order valence-corrected chi connectivity index (χ2v) is 7.29. The summed E-state index contributed by atoms with van der Waals surface area (Å²) in [6.45, 7) is 0.355. The maximum absolute atomic E-state index is 14.5. The average Bonchev–Trinajstić information content (AvgIpc) is 3.15. The topological polar surface area (TPSA) is 66.8 Å². The van der Waals surface area contributed by atoms with Gasteiger partial charge in [-0.25, -0.2) is 4.39 Å². The minimum absolute atomic E-state index is 0.102. The maximum Gasteiger partial charge on any atom is 0.273 e. The number of aromatic nitrogens is 4. The first-order valence-electron chi connectivity index (χ1n) is 10.8. The fourth-order valence-corrected chi connectivity index (χ4v) is 3.84. The summed E-state index contributed by atoms with van der Waals surface area (Å²) in [5.74, 6) is -0.539. The molecule has 0 bridgehead atoms. The molecule has 0 spiro atoms.